The lowest BCUT2D eigenvalue weighted by atomic mass is 10.3. The van der Waals surface area contributed by atoms with E-state index in [1.807, 2.05) is 36.4 Å². The maximum atomic E-state index is 5.39. The first-order valence-corrected chi connectivity index (χ1v) is 7.25. The molecule has 0 fully saturated rings. The van der Waals surface area contributed by atoms with Crippen molar-refractivity contribution in [1.82, 2.24) is 4.98 Å². The molecule has 6 heteroatoms. The van der Waals surface area contributed by atoms with E-state index in [4.69, 9.17) is 14.2 Å². The lowest BCUT2D eigenvalue weighted by Crippen LogP contribution is -1.93. The van der Waals surface area contributed by atoms with Gasteiger partial charge in [0, 0.05) is 12.1 Å². The first kappa shape index (κ1) is 12.3. The molecule has 0 saturated heterocycles. The Morgan fingerprint density at radius 2 is 2.00 bits per heavy atom. The number of thiazole rings is 1. The molecule has 1 aliphatic rings. The van der Waals surface area contributed by atoms with Crippen molar-refractivity contribution in [3.8, 4) is 17.2 Å². The maximum absolute atomic E-state index is 5.39. The van der Waals surface area contributed by atoms with E-state index in [1.165, 1.54) is 0 Å². The van der Waals surface area contributed by atoms with Crippen molar-refractivity contribution < 1.29 is 14.2 Å². The number of benzene rings is 2. The van der Waals surface area contributed by atoms with Crippen molar-refractivity contribution in [2.45, 2.75) is 0 Å². The van der Waals surface area contributed by atoms with Gasteiger partial charge in [0.15, 0.2) is 16.6 Å². The van der Waals surface area contributed by atoms with Crippen molar-refractivity contribution in [3.05, 3.63) is 36.4 Å². The van der Waals surface area contributed by atoms with Crippen molar-refractivity contribution in [3.63, 3.8) is 0 Å². The zero-order valence-electron chi connectivity index (χ0n) is 11.3. The van der Waals surface area contributed by atoms with Crippen LogP contribution in [-0.4, -0.2) is 18.9 Å². The summed E-state index contributed by atoms with van der Waals surface area (Å²) in [7, 11) is 1.65. The maximum Gasteiger partial charge on any atom is 0.231 e. The summed E-state index contributed by atoms with van der Waals surface area (Å²) in [5, 5.41) is 4.09. The van der Waals surface area contributed by atoms with Crippen LogP contribution in [0, 0.1) is 0 Å². The molecule has 0 amide bonds. The average molecular weight is 300 g/mol. The quantitative estimate of drug-likeness (QED) is 0.798. The van der Waals surface area contributed by atoms with Crippen LogP contribution in [0.25, 0.3) is 10.2 Å². The van der Waals surface area contributed by atoms with Gasteiger partial charge in [-0.2, -0.15) is 0 Å². The van der Waals surface area contributed by atoms with Gasteiger partial charge in [-0.1, -0.05) is 23.5 Å². The molecular formula is C15H12N2O3S. The molecule has 3 aromatic rings. The van der Waals surface area contributed by atoms with Gasteiger partial charge in [0.1, 0.15) is 5.75 Å². The van der Waals surface area contributed by atoms with Crippen molar-refractivity contribution in [1.29, 1.82) is 0 Å². The van der Waals surface area contributed by atoms with E-state index in [1.54, 1.807) is 18.4 Å². The molecule has 2 heterocycles. The molecule has 0 saturated carbocycles. The monoisotopic (exact) mass is 300 g/mol. The van der Waals surface area contributed by atoms with Crippen molar-refractivity contribution in [2.24, 2.45) is 0 Å². The number of hydrogen-bond donors (Lipinski definition) is 1. The zero-order chi connectivity index (χ0) is 14.2. The Morgan fingerprint density at radius 3 is 2.86 bits per heavy atom. The van der Waals surface area contributed by atoms with Crippen LogP contribution in [0.5, 0.6) is 17.2 Å². The molecule has 0 radical (unpaired) electrons. The van der Waals surface area contributed by atoms with E-state index in [0.717, 1.165) is 38.3 Å². The Kier molecular flexibility index (Phi) is 2.82. The van der Waals surface area contributed by atoms with E-state index in [0.29, 0.717) is 0 Å². The number of aromatic nitrogens is 1. The minimum atomic E-state index is 0.277. The van der Waals surface area contributed by atoms with Crippen LogP contribution in [0.3, 0.4) is 0 Å². The van der Waals surface area contributed by atoms with Gasteiger partial charge in [0.25, 0.3) is 0 Å². The number of hydrogen-bond acceptors (Lipinski definition) is 6. The Bertz CT molecular complexity index is 775. The molecule has 0 bridgehead atoms. The second kappa shape index (κ2) is 4.82. The van der Waals surface area contributed by atoms with Gasteiger partial charge in [-0.25, -0.2) is 4.98 Å². The molecule has 1 aromatic heterocycles. The SMILES string of the molecule is COc1ccccc1Nc1nc2cc3c(cc2s1)OCO3. The summed E-state index contributed by atoms with van der Waals surface area (Å²) in [6.45, 7) is 0.277. The predicted molar refractivity (Wildman–Crippen MR) is 82.0 cm³/mol. The highest BCUT2D eigenvalue weighted by Gasteiger charge is 2.16. The molecule has 2 aromatic carbocycles. The summed E-state index contributed by atoms with van der Waals surface area (Å²) in [6, 6.07) is 11.6. The molecule has 0 unspecified atom stereocenters. The molecule has 1 N–H and O–H groups in total. The Morgan fingerprint density at radius 1 is 1.19 bits per heavy atom. The molecule has 106 valence electrons. The third-order valence-electron chi connectivity index (χ3n) is 3.23. The third-order valence-corrected chi connectivity index (χ3v) is 4.16. The summed E-state index contributed by atoms with van der Waals surface area (Å²) in [4.78, 5) is 4.58. The molecule has 0 aliphatic carbocycles. The molecular weight excluding hydrogens is 288 g/mol. The first-order valence-electron chi connectivity index (χ1n) is 6.44. The number of rotatable bonds is 3. The van der Waals surface area contributed by atoms with Gasteiger partial charge in [0.2, 0.25) is 6.79 Å². The Labute approximate surface area is 125 Å². The highest BCUT2D eigenvalue weighted by atomic mass is 32.1. The van der Waals surface area contributed by atoms with Crippen LogP contribution < -0.4 is 19.5 Å². The highest BCUT2D eigenvalue weighted by molar-refractivity contribution is 7.22. The number of methoxy groups -OCH3 is 1. The summed E-state index contributed by atoms with van der Waals surface area (Å²) >= 11 is 1.56. The predicted octanol–water partition coefficient (Wildman–Crippen LogP) is 3.78. The van der Waals surface area contributed by atoms with Crippen LogP contribution in [0.2, 0.25) is 0 Å². The van der Waals surface area contributed by atoms with E-state index < -0.39 is 0 Å². The van der Waals surface area contributed by atoms with Crippen LogP contribution in [0.15, 0.2) is 36.4 Å². The highest BCUT2D eigenvalue weighted by Crippen LogP contribution is 2.40. The van der Waals surface area contributed by atoms with Gasteiger partial charge in [-0.05, 0) is 12.1 Å². The first-order chi connectivity index (χ1) is 10.3. The van der Waals surface area contributed by atoms with Gasteiger partial charge >= 0.3 is 0 Å². The van der Waals surface area contributed by atoms with Crippen LogP contribution in [-0.2, 0) is 0 Å². The van der Waals surface area contributed by atoms with E-state index in [9.17, 15) is 0 Å². The van der Waals surface area contributed by atoms with Gasteiger partial charge in [-0.15, -0.1) is 0 Å². The van der Waals surface area contributed by atoms with E-state index in [-0.39, 0.29) is 6.79 Å². The number of nitrogens with one attached hydrogen (secondary N) is 1. The standard InChI is InChI=1S/C15H12N2O3S/c1-18-11-5-3-2-4-9(11)16-15-17-10-6-12-13(20-8-19-12)7-14(10)21-15/h2-7H,8H2,1H3,(H,16,17). The molecule has 0 atom stereocenters. The molecule has 4 rings (SSSR count). The Balaban J connectivity index is 1.71. The zero-order valence-corrected chi connectivity index (χ0v) is 12.1. The number of nitrogens with zero attached hydrogens (tertiary/aromatic N) is 1. The molecule has 1 aliphatic heterocycles. The van der Waals surface area contributed by atoms with Gasteiger partial charge < -0.3 is 19.5 Å². The Hall–Kier alpha value is -2.47. The number of fused-ring (bicyclic) bond motifs is 2. The molecule has 21 heavy (non-hydrogen) atoms. The van der Waals surface area contributed by atoms with Gasteiger partial charge in [-0.3, -0.25) is 0 Å². The molecule has 0 spiro atoms. The van der Waals surface area contributed by atoms with Crippen molar-refractivity contribution in [2.75, 3.05) is 19.2 Å². The fraction of sp³-hybridized carbons (Fsp3) is 0.133. The lowest BCUT2D eigenvalue weighted by molar-refractivity contribution is 0.174. The minimum absolute atomic E-state index is 0.277. The lowest BCUT2D eigenvalue weighted by Gasteiger charge is -2.07. The topological polar surface area (TPSA) is 52.6 Å². The fourth-order valence-corrected chi connectivity index (χ4v) is 3.12. The van der Waals surface area contributed by atoms with E-state index in [2.05, 4.69) is 10.3 Å². The number of ether oxygens (including phenoxy) is 3. The number of anilines is 2. The van der Waals surface area contributed by atoms with E-state index >= 15 is 0 Å². The summed E-state index contributed by atoms with van der Waals surface area (Å²) < 4.78 is 17.1. The summed E-state index contributed by atoms with van der Waals surface area (Å²) in [6.07, 6.45) is 0. The largest absolute Gasteiger partial charge is 0.495 e. The number of para-hydroxylation sites is 2. The summed E-state index contributed by atoms with van der Waals surface area (Å²) in [5.41, 5.74) is 1.78. The smallest absolute Gasteiger partial charge is 0.231 e. The molecule has 5 nitrogen and oxygen atoms in total. The fourth-order valence-electron chi connectivity index (χ4n) is 2.23. The van der Waals surface area contributed by atoms with Crippen LogP contribution in [0.1, 0.15) is 0 Å². The normalized spacial score (nSPS) is 12.6. The second-order valence-corrected chi connectivity index (χ2v) is 5.55. The van der Waals surface area contributed by atoms with Crippen LogP contribution in [0.4, 0.5) is 10.8 Å². The second-order valence-electron chi connectivity index (χ2n) is 4.52. The average Bonchev–Trinajstić information content (AvgIpc) is 3.10. The van der Waals surface area contributed by atoms with Crippen LogP contribution >= 0.6 is 11.3 Å². The van der Waals surface area contributed by atoms with Gasteiger partial charge in [0.05, 0.1) is 23.0 Å². The summed E-state index contributed by atoms with van der Waals surface area (Å²) in [5.74, 6) is 2.30. The minimum Gasteiger partial charge on any atom is -0.495 e. The van der Waals surface area contributed by atoms with Crippen molar-refractivity contribution >= 4 is 32.4 Å². The third kappa shape index (κ3) is 2.13.